The molecule has 170 valence electrons. The summed E-state index contributed by atoms with van der Waals surface area (Å²) in [6.07, 6.45) is 6.88. The number of benzene rings is 2. The zero-order valence-electron chi connectivity index (χ0n) is 18.8. The number of carbonyl (C=O) groups is 2. The van der Waals surface area contributed by atoms with Crippen LogP contribution in [0.25, 0.3) is 11.0 Å². The highest BCUT2D eigenvalue weighted by atomic mass is 16.3. The fraction of sp³-hybridized carbons (Fsp3) is 0.429. The Morgan fingerprint density at radius 1 is 0.909 bits per heavy atom. The van der Waals surface area contributed by atoms with E-state index in [9.17, 15) is 9.59 Å². The van der Waals surface area contributed by atoms with Crippen molar-refractivity contribution in [1.29, 1.82) is 0 Å². The Morgan fingerprint density at radius 3 is 2.21 bits per heavy atom. The van der Waals surface area contributed by atoms with E-state index in [4.69, 9.17) is 4.42 Å². The molecule has 4 aliphatic carbocycles. The summed E-state index contributed by atoms with van der Waals surface area (Å²) in [6.45, 7) is -0.00978. The van der Waals surface area contributed by atoms with Gasteiger partial charge in [0.1, 0.15) is 17.4 Å². The van der Waals surface area contributed by atoms with Crippen LogP contribution in [0.5, 0.6) is 0 Å². The number of nitrogens with one attached hydrogen (secondary N) is 2. The van der Waals surface area contributed by atoms with Crippen LogP contribution in [0.2, 0.25) is 0 Å². The van der Waals surface area contributed by atoms with Crippen molar-refractivity contribution in [3.8, 4) is 0 Å². The molecule has 2 aromatic carbocycles. The quantitative estimate of drug-likeness (QED) is 0.566. The summed E-state index contributed by atoms with van der Waals surface area (Å²) in [5.74, 6) is 2.66. The van der Waals surface area contributed by atoms with Gasteiger partial charge in [-0.2, -0.15) is 0 Å². The predicted molar refractivity (Wildman–Crippen MR) is 126 cm³/mol. The lowest BCUT2D eigenvalue weighted by Gasteiger charge is -2.55. The second-order valence-corrected chi connectivity index (χ2v) is 10.5. The molecule has 0 saturated heterocycles. The van der Waals surface area contributed by atoms with Gasteiger partial charge in [0.15, 0.2) is 0 Å². The Labute approximate surface area is 193 Å². The maximum Gasteiger partial charge on any atom is 0.240 e. The third-order valence-electron chi connectivity index (χ3n) is 8.10. The Bertz CT molecular complexity index is 1110. The predicted octanol–water partition coefficient (Wildman–Crippen LogP) is 4.97. The number of furan rings is 1. The number of rotatable bonds is 6. The molecule has 4 aliphatic rings. The minimum atomic E-state index is -0.414. The molecular formula is C28H30N2O3. The first-order chi connectivity index (χ1) is 16.1. The molecule has 2 N–H and O–H groups in total. The molecule has 1 aromatic heterocycles. The Kier molecular flexibility index (Phi) is 5.01. The summed E-state index contributed by atoms with van der Waals surface area (Å²) in [4.78, 5) is 26.2. The molecule has 33 heavy (non-hydrogen) atoms. The highest BCUT2D eigenvalue weighted by Gasteiger charge is 2.54. The number of fused-ring (bicyclic) bond motifs is 1. The van der Waals surface area contributed by atoms with Crippen LogP contribution in [-0.2, 0) is 9.59 Å². The molecule has 0 spiro atoms. The SMILES string of the molecule is O=C(CNC(=O)C12CC3CC(CC(C3)C1)C2)N[C@H](c1ccccc1)c1cc2ccccc2o1. The Morgan fingerprint density at radius 2 is 1.55 bits per heavy atom. The van der Waals surface area contributed by atoms with Crippen molar-refractivity contribution < 1.29 is 14.0 Å². The van der Waals surface area contributed by atoms with Gasteiger partial charge in [0.2, 0.25) is 11.8 Å². The van der Waals surface area contributed by atoms with Gasteiger partial charge >= 0.3 is 0 Å². The highest BCUT2D eigenvalue weighted by Crippen LogP contribution is 2.60. The molecule has 4 fully saturated rings. The summed E-state index contributed by atoms with van der Waals surface area (Å²) in [5.41, 5.74) is 1.49. The van der Waals surface area contributed by atoms with Crippen molar-refractivity contribution in [2.45, 2.75) is 44.6 Å². The van der Waals surface area contributed by atoms with Crippen LogP contribution >= 0.6 is 0 Å². The summed E-state index contributed by atoms with van der Waals surface area (Å²) < 4.78 is 6.07. The van der Waals surface area contributed by atoms with Gasteiger partial charge in [0, 0.05) is 10.8 Å². The maximum absolute atomic E-state index is 13.2. The van der Waals surface area contributed by atoms with Gasteiger partial charge in [-0.15, -0.1) is 0 Å². The van der Waals surface area contributed by atoms with E-state index in [1.54, 1.807) is 0 Å². The minimum absolute atomic E-state index is 0.00978. The molecule has 0 unspecified atom stereocenters. The van der Waals surface area contributed by atoms with Crippen LogP contribution in [-0.4, -0.2) is 18.4 Å². The molecular weight excluding hydrogens is 412 g/mol. The van der Waals surface area contributed by atoms with Gasteiger partial charge in [-0.05, 0) is 74.0 Å². The van der Waals surface area contributed by atoms with Crippen LogP contribution in [0, 0.1) is 23.2 Å². The number of hydrogen-bond donors (Lipinski definition) is 2. The van der Waals surface area contributed by atoms with E-state index in [-0.39, 0.29) is 23.8 Å². The first-order valence-corrected chi connectivity index (χ1v) is 12.2. The molecule has 4 saturated carbocycles. The van der Waals surface area contributed by atoms with E-state index in [0.29, 0.717) is 23.5 Å². The third kappa shape index (κ3) is 3.84. The number of carbonyl (C=O) groups excluding carboxylic acids is 2. The monoisotopic (exact) mass is 442 g/mol. The van der Waals surface area contributed by atoms with Crippen molar-refractivity contribution in [1.82, 2.24) is 10.6 Å². The van der Waals surface area contributed by atoms with E-state index in [2.05, 4.69) is 10.6 Å². The smallest absolute Gasteiger partial charge is 0.240 e. The van der Waals surface area contributed by atoms with Crippen molar-refractivity contribution >= 4 is 22.8 Å². The molecule has 5 heteroatoms. The lowest BCUT2D eigenvalue weighted by Crippen LogP contribution is -2.54. The zero-order chi connectivity index (χ0) is 22.4. The largest absolute Gasteiger partial charge is 0.459 e. The van der Waals surface area contributed by atoms with Crippen LogP contribution in [0.3, 0.4) is 0 Å². The first kappa shape index (κ1) is 20.5. The molecule has 7 rings (SSSR count). The summed E-state index contributed by atoms with van der Waals surface area (Å²) in [5, 5.41) is 7.08. The molecule has 3 aromatic rings. The molecule has 1 heterocycles. The molecule has 0 radical (unpaired) electrons. The molecule has 2 amide bonds. The Hall–Kier alpha value is -3.08. The number of amides is 2. The highest BCUT2D eigenvalue weighted by molar-refractivity contribution is 5.88. The average molecular weight is 443 g/mol. The van der Waals surface area contributed by atoms with E-state index < -0.39 is 6.04 Å². The topological polar surface area (TPSA) is 71.3 Å². The Balaban J connectivity index is 1.16. The van der Waals surface area contributed by atoms with Crippen LogP contribution in [0.4, 0.5) is 0 Å². The standard InChI is InChI=1S/C28H30N2O3/c31-25(17-29-27(32)28-14-18-10-19(15-28)12-20(11-18)16-28)30-26(21-6-2-1-3-7-21)24-13-22-8-4-5-9-23(22)33-24/h1-9,13,18-20,26H,10-12,14-17H2,(H,29,32)(H,30,31)/t18?,19?,20?,26-,28?/m1/s1. The first-order valence-electron chi connectivity index (χ1n) is 12.2. The fourth-order valence-electron chi connectivity index (χ4n) is 7.06. The van der Waals surface area contributed by atoms with Gasteiger partial charge in [0.25, 0.3) is 0 Å². The fourth-order valence-corrected chi connectivity index (χ4v) is 7.06. The van der Waals surface area contributed by atoms with Crippen LogP contribution in [0.15, 0.2) is 65.1 Å². The minimum Gasteiger partial charge on any atom is -0.459 e. The third-order valence-corrected chi connectivity index (χ3v) is 8.10. The van der Waals surface area contributed by atoms with E-state index >= 15 is 0 Å². The summed E-state index contributed by atoms with van der Waals surface area (Å²) in [7, 11) is 0. The van der Waals surface area contributed by atoms with Gasteiger partial charge in [0.05, 0.1) is 6.54 Å². The van der Waals surface area contributed by atoms with Crippen molar-refractivity contribution in [3.63, 3.8) is 0 Å². The van der Waals surface area contributed by atoms with Gasteiger partial charge in [-0.1, -0.05) is 48.5 Å². The second-order valence-electron chi connectivity index (χ2n) is 10.5. The van der Waals surface area contributed by atoms with Crippen molar-refractivity contribution in [2.75, 3.05) is 6.54 Å². The number of hydrogen-bond acceptors (Lipinski definition) is 3. The lowest BCUT2D eigenvalue weighted by molar-refractivity contribution is -0.147. The van der Waals surface area contributed by atoms with Crippen LogP contribution < -0.4 is 10.6 Å². The lowest BCUT2D eigenvalue weighted by atomic mass is 9.49. The molecule has 5 nitrogen and oxygen atoms in total. The molecule has 0 aliphatic heterocycles. The van der Waals surface area contributed by atoms with E-state index in [1.165, 1.54) is 19.3 Å². The van der Waals surface area contributed by atoms with Crippen LogP contribution in [0.1, 0.15) is 55.9 Å². The molecule has 4 bridgehead atoms. The van der Waals surface area contributed by atoms with Gasteiger partial charge in [-0.3, -0.25) is 9.59 Å². The second kappa shape index (κ2) is 8.05. The number of para-hydroxylation sites is 1. The maximum atomic E-state index is 13.2. The van der Waals surface area contributed by atoms with E-state index in [1.807, 2.05) is 60.7 Å². The normalized spacial score (nSPS) is 28.5. The summed E-state index contributed by atoms with van der Waals surface area (Å²) >= 11 is 0. The van der Waals surface area contributed by atoms with Gasteiger partial charge < -0.3 is 15.1 Å². The van der Waals surface area contributed by atoms with Gasteiger partial charge in [-0.25, -0.2) is 0 Å². The van der Waals surface area contributed by atoms with E-state index in [0.717, 1.165) is 35.8 Å². The zero-order valence-corrected chi connectivity index (χ0v) is 18.8. The average Bonchev–Trinajstić information content (AvgIpc) is 3.24. The molecule has 1 atom stereocenters. The summed E-state index contributed by atoms with van der Waals surface area (Å²) in [6, 6.07) is 19.2. The van der Waals surface area contributed by atoms with Crippen molar-refractivity contribution in [3.05, 3.63) is 72.0 Å². The van der Waals surface area contributed by atoms with Crippen molar-refractivity contribution in [2.24, 2.45) is 23.2 Å².